The normalized spacial score (nSPS) is 20.3. The van der Waals surface area contributed by atoms with Crippen LogP contribution in [0, 0.1) is 11.8 Å². The van der Waals surface area contributed by atoms with Crippen molar-refractivity contribution in [2.75, 3.05) is 50.1 Å². The molecule has 0 spiro atoms. The van der Waals surface area contributed by atoms with Gasteiger partial charge >= 0.3 is 0 Å². The molecule has 1 amide bonds. The van der Waals surface area contributed by atoms with Gasteiger partial charge in [0.1, 0.15) is 11.6 Å². The molecule has 1 saturated carbocycles. The Morgan fingerprint density at radius 1 is 1.25 bits per heavy atom. The van der Waals surface area contributed by atoms with Gasteiger partial charge < -0.3 is 20.6 Å². The lowest BCUT2D eigenvalue weighted by atomic mass is 9.98. The molecule has 1 aromatic heterocycles. The van der Waals surface area contributed by atoms with Crippen LogP contribution in [0.4, 0.5) is 11.6 Å². The van der Waals surface area contributed by atoms with E-state index in [1.54, 1.807) is 19.2 Å². The molecule has 3 rings (SSSR count). The number of aromatic nitrogens is 1. The van der Waals surface area contributed by atoms with Gasteiger partial charge in [-0.05, 0) is 68.8 Å². The summed E-state index contributed by atoms with van der Waals surface area (Å²) in [4.78, 5) is 20.1. The molecule has 9 heteroatoms. The summed E-state index contributed by atoms with van der Waals surface area (Å²) in [5.41, 5.74) is 1.42. The van der Waals surface area contributed by atoms with Gasteiger partial charge in [0.25, 0.3) is 5.91 Å². The van der Waals surface area contributed by atoms with Crippen LogP contribution in [-0.2, 0) is 16.1 Å². The van der Waals surface area contributed by atoms with Crippen LogP contribution in [0.15, 0.2) is 42.5 Å². The summed E-state index contributed by atoms with van der Waals surface area (Å²) in [6.45, 7) is 3.69. The topological polar surface area (TPSA) is 97.8 Å². The maximum absolute atomic E-state index is 13.5. The Labute approximate surface area is 216 Å². The van der Waals surface area contributed by atoms with Crippen LogP contribution in [0.25, 0.3) is 0 Å². The second kappa shape index (κ2) is 12.1. The minimum atomic E-state index is -2.57. The van der Waals surface area contributed by atoms with Crippen LogP contribution < -0.4 is 14.9 Å². The minimum absolute atomic E-state index is 0.314. The maximum Gasteiger partial charge on any atom is 0.251 e. The molecule has 3 N–H and O–H groups in total. The lowest BCUT2D eigenvalue weighted by molar-refractivity contribution is 0.0795. The van der Waals surface area contributed by atoms with E-state index >= 15 is 0 Å². The van der Waals surface area contributed by atoms with Crippen molar-refractivity contribution in [1.29, 1.82) is 0 Å². The number of aliphatic hydroxyl groups is 1. The zero-order chi connectivity index (χ0) is 26.5. The third-order valence-electron chi connectivity index (χ3n) is 6.75. The molecular formula is C27H41N5O3S. The summed E-state index contributed by atoms with van der Waals surface area (Å²) in [6, 6.07) is 12.7. The number of carbonyl (C=O) groups is 1. The Morgan fingerprint density at radius 2 is 1.92 bits per heavy atom. The molecule has 0 radical (unpaired) electrons. The summed E-state index contributed by atoms with van der Waals surface area (Å²) in [7, 11) is 3.01. The Bertz CT molecular complexity index is 1120. The minimum Gasteiger partial charge on any atom is -0.391 e. The van der Waals surface area contributed by atoms with Gasteiger partial charge in [0.15, 0.2) is 0 Å². The molecule has 0 saturated heterocycles. The predicted molar refractivity (Wildman–Crippen MR) is 150 cm³/mol. The van der Waals surface area contributed by atoms with Crippen molar-refractivity contribution in [2.24, 2.45) is 11.8 Å². The molecule has 1 aromatic carbocycles. The van der Waals surface area contributed by atoms with Crippen LogP contribution in [-0.4, -0.2) is 83.6 Å². The average molecular weight is 516 g/mol. The number of nitrogens with one attached hydrogen (secondary N) is 2. The standard InChI is InChI=1S/C27H41N5O3S/c1-19-14-22(19)18-28-25-16-21(17-26(30-25)32(4)36(5,6)35)27(34)29-23(24(33)12-13-31(2)3)15-20-10-8-7-9-11-20/h7-11,16-17,19,22-24,33H,5,12-15,18H2,1-4,6H3,(H,28,30)(H,29,34)/t19?,22?,23-,24?,36?/m0/s1. The van der Waals surface area contributed by atoms with Gasteiger partial charge in [-0.2, -0.15) is 0 Å². The van der Waals surface area contributed by atoms with Crippen LogP contribution in [0.5, 0.6) is 0 Å². The van der Waals surface area contributed by atoms with Crippen molar-refractivity contribution in [1.82, 2.24) is 15.2 Å². The smallest absolute Gasteiger partial charge is 0.251 e. The van der Waals surface area contributed by atoms with Gasteiger partial charge in [0.2, 0.25) is 0 Å². The second-order valence-electron chi connectivity index (χ2n) is 10.3. The fourth-order valence-electron chi connectivity index (χ4n) is 4.01. The van der Waals surface area contributed by atoms with E-state index in [1.807, 2.05) is 49.3 Å². The van der Waals surface area contributed by atoms with Crippen molar-refractivity contribution >= 4 is 33.1 Å². The molecule has 36 heavy (non-hydrogen) atoms. The quantitative estimate of drug-likeness (QED) is 0.355. The number of pyridine rings is 1. The summed E-state index contributed by atoms with van der Waals surface area (Å²) >= 11 is 0. The lowest BCUT2D eigenvalue weighted by Gasteiger charge is -2.26. The van der Waals surface area contributed by atoms with Crippen molar-refractivity contribution < 1.29 is 14.1 Å². The van der Waals surface area contributed by atoms with Crippen LogP contribution in [0.3, 0.4) is 0 Å². The molecule has 2 aromatic rings. The molecule has 5 atom stereocenters. The first-order chi connectivity index (χ1) is 16.9. The lowest BCUT2D eigenvalue weighted by Crippen LogP contribution is -2.45. The fraction of sp³-hybridized carbons (Fsp3) is 0.519. The molecule has 8 nitrogen and oxygen atoms in total. The highest BCUT2D eigenvalue weighted by Gasteiger charge is 2.32. The Kier molecular flexibility index (Phi) is 9.38. The van der Waals surface area contributed by atoms with Gasteiger partial charge in [0.05, 0.1) is 12.1 Å². The van der Waals surface area contributed by atoms with E-state index in [1.165, 1.54) is 17.0 Å². The Hall–Kier alpha value is -2.62. The second-order valence-corrected chi connectivity index (χ2v) is 12.8. The molecule has 0 bridgehead atoms. The average Bonchev–Trinajstić information content (AvgIpc) is 3.54. The van der Waals surface area contributed by atoms with E-state index in [-0.39, 0.29) is 5.91 Å². The van der Waals surface area contributed by atoms with E-state index in [0.717, 1.165) is 12.1 Å². The summed E-state index contributed by atoms with van der Waals surface area (Å²) in [5, 5.41) is 17.4. The van der Waals surface area contributed by atoms with E-state index in [0.29, 0.717) is 48.4 Å². The molecule has 1 heterocycles. The predicted octanol–water partition coefficient (Wildman–Crippen LogP) is 2.50. The third kappa shape index (κ3) is 8.21. The van der Waals surface area contributed by atoms with E-state index in [9.17, 15) is 14.1 Å². The number of carbonyl (C=O) groups excluding carboxylic acids is 1. The van der Waals surface area contributed by atoms with E-state index in [4.69, 9.17) is 0 Å². The van der Waals surface area contributed by atoms with E-state index in [2.05, 4.69) is 28.4 Å². The first-order valence-electron chi connectivity index (χ1n) is 12.4. The molecule has 1 fully saturated rings. The monoisotopic (exact) mass is 515 g/mol. The number of amides is 1. The molecule has 198 valence electrons. The number of nitrogens with zero attached hydrogens (tertiary/aromatic N) is 3. The zero-order valence-corrected chi connectivity index (χ0v) is 22.9. The van der Waals surface area contributed by atoms with Gasteiger partial charge in [-0.3, -0.25) is 9.10 Å². The Balaban J connectivity index is 1.85. The number of aliphatic hydroxyl groups excluding tert-OH is 1. The molecule has 0 aliphatic heterocycles. The summed E-state index contributed by atoms with van der Waals surface area (Å²) in [6.07, 6.45) is 3.03. The summed E-state index contributed by atoms with van der Waals surface area (Å²) in [5.74, 6) is 5.68. The number of anilines is 2. The number of hydrogen-bond donors (Lipinski definition) is 3. The SMILES string of the molecule is C=S(C)(=O)N(C)c1cc(C(=O)N[C@@H](Cc2ccccc2)C(O)CCN(C)C)cc(NCC2CC2C)n1. The molecule has 1 aliphatic carbocycles. The van der Waals surface area contributed by atoms with Crippen LogP contribution in [0.1, 0.15) is 35.7 Å². The molecule has 4 unspecified atom stereocenters. The number of benzene rings is 1. The van der Waals surface area contributed by atoms with Crippen LogP contribution in [0.2, 0.25) is 0 Å². The summed E-state index contributed by atoms with van der Waals surface area (Å²) < 4.78 is 14.1. The van der Waals surface area contributed by atoms with Gasteiger partial charge in [0, 0.05) is 41.7 Å². The molecule has 1 aliphatic rings. The van der Waals surface area contributed by atoms with Crippen molar-refractivity contribution in [3.05, 3.63) is 53.6 Å². The van der Waals surface area contributed by atoms with Gasteiger partial charge in [-0.25, -0.2) is 9.19 Å². The third-order valence-corrected chi connectivity index (χ3v) is 8.09. The van der Waals surface area contributed by atoms with Crippen molar-refractivity contribution in [2.45, 2.75) is 38.3 Å². The zero-order valence-electron chi connectivity index (χ0n) is 22.1. The van der Waals surface area contributed by atoms with Gasteiger partial charge in [-0.15, -0.1) is 0 Å². The van der Waals surface area contributed by atoms with Crippen LogP contribution >= 0.6 is 0 Å². The van der Waals surface area contributed by atoms with Crippen molar-refractivity contribution in [3.8, 4) is 0 Å². The fourth-order valence-corrected chi connectivity index (χ4v) is 4.50. The number of hydrogen-bond acceptors (Lipinski definition) is 6. The maximum atomic E-state index is 13.5. The first-order valence-corrected chi connectivity index (χ1v) is 14.5. The van der Waals surface area contributed by atoms with Gasteiger partial charge in [-0.1, -0.05) is 37.3 Å². The highest BCUT2D eigenvalue weighted by Crippen LogP contribution is 2.37. The first kappa shape index (κ1) is 28.0. The highest BCUT2D eigenvalue weighted by molar-refractivity contribution is 8.00. The molecular weight excluding hydrogens is 474 g/mol. The van der Waals surface area contributed by atoms with E-state index < -0.39 is 21.9 Å². The Morgan fingerprint density at radius 3 is 2.50 bits per heavy atom. The highest BCUT2D eigenvalue weighted by atomic mass is 32.2. The van der Waals surface area contributed by atoms with Crippen molar-refractivity contribution in [3.63, 3.8) is 0 Å². The largest absolute Gasteiger partial charge is 0.391 e. The number of rotatable bonds is 13.